The molecule has 0 bridgehead atoms. The molecule has 35 heavy (non-hydrogen) atoms. The van der Waals surface area contributed by atoms with Gasteiger partial charge in [0.25, 0.3) is 0 Å². The molecule has 0 aliphatic carbocycles. The number of thioether (sulfide) groups is 1. The minimum Gasteiger partial charge on any atom is -0.454 e. The summed E-state index contributed by atoms with van der Waals surface area (Å²) in [4.78, 5) is 24.4. The zero-order valence-electron chi connectivity index (χ0n) is 19.9. The van der Waals surface area contributed by atoms with E-state index in [2.05, 4.69) is 22.2 Å². The molecule has 1 N–H and O–H groups in total. The Kier molecular flexibility index (Phi) is 7.37. The SMILES string of the molecule is CCCSc1nc(N2CCCCC2)c2cnn(CCNC(=O)/C=C\c3ccc4c(c3)OCO4)c2n1. The zero-order chi connectivity index (χ0) is 24.0. The Hall–Kier alpha value is -3.27. The molecule has 1 fully saturated rings. The van der Waals surface area contributed by atoms with E-state index in [1.165, 1.54) is 25.3 Å². The van der Waals surface area contributed by atoms with Crippen molar-refractivity contribution in [1.29, 1.82) is 0 Å². The molecule has 184 valence electrons. The van der Waals surface area contributed by atoms with Crippen LogP contribution in [-0.2, 0) is 11.3 Å². The molecule has 3 aromatic rings. The van der Waals surface area contributed by atoms with E-state index in [0.29, 0.717) is 18.8 Å². The van der Waals surface area contributed by atoms with Crippen LogP contribution in [0.4, 0.5) is 5.82 Å². The van der Waals surface area contributed by atoms with Gasteiger partial charge in [-0.2, -0.15) is 5.10 Å². The molecule has 0 atom stereocenters. The number of nitrogens with one attached hydrogen (secondary N) is 1. The second-order valence-electron chi connectivity index (χ2n) is 8.57. The largest absolute Gasteiger partial charge is 0.454 e. The maximum absolute atomic E-state index is 12.4. The normalized spacial score (nSPS) is 15.3. The molecular weight excluding hydrogens is 464 g/mol. The first-order valence-electron chi connectivity index (χ1n) is 12.2. The standard InChI is InChI=1S/C25H30N6O3S/c1-2-14-35-25-28-23(30-11-4-3-5-12-30)19-16-27-31(24(19)29-25)13-10-26-22(32)9-7-18-6-8-20-21(15-18)34-17-33-20/h6-9,15-16H,2-5,10-14,17H2,1H3,(H,26,32)/b9-7-. The third-order valence-corrected chi connectivity index (χ3v) is 7.05. The van der Waals surface area contributed by atoms with Gasteiger partial charge in [-0.3, -0.25) is 4.79 Å². The average molecular weight is 495 g/mol. The number of anilines is 1. The summed E-state index contributed by atoms with van der Waals surface area (Å²) in [6.45, 7) is 5.39. The van der Waals surface area contributed by atoms with Gasteiger partial charge in [0.1, 0.15) is 5.82 Å². The number of amides is 1. The molecule has 4 heterocycles. The molecule has 0 spiro atoms. The highest BCUT2D eigenvalue weighted by Crippen LogP contribution is 2.33. The van der Waals surface area contributed by atoms with Crippen LogP contribution in [0.25, 0.3) is 17.1 Å². The Morgan fingerprint density at radius 3 is 2.89 bits per heavy atom. The third kappa shape index (κ3) is 5.53. The first kappa shape index (κ1) is 23.5. The van der Waals surface area contributed by atoms with Crippen LogP contribution in [0, 0.1) is 0 Å². The van der Waals surface area contributed by atoms with Crippen LogP contribution in [0.2, 0.25) is 0 Å². The van der Waals surface area contributed by atoms with Crippen molar-refractivity contribution in [3.8, 4) is 11.5 Å². The Morgan fingerprint density at radius 1 is 1.17 bits per heavy atom. The topological polar surface area (TPSA) is 94.4 Å². The predicted octanol–water partition coefficient (Wildman–Crippen LogP) is 3.88. The summed E-state index contributed by atoms with van der Waals surface area (Å²) in [5.41, 5.74) is 1.70. The Labute approximate surface area is 208 Å². The van der Waals surface area contributed by atoms with Gasteiger partial charge in [0.05, 0.1) is 18.1 Å². The molecule has 0 radical (unpaired) electrons. The minimum atomic E-state index is -0.165. The number of benzene rings is 1. The van der Waals surface area contributed by atoms with Crippen LogP contribution >= 0.6 is 11.8 Å². The third-order valence-electron chi connectivity index (χ3n) is 5.99. The minimum absolute atomic E-state index is 0.165. The zero-order valence-corrected chi connectivity index (χ0v) is 20.7. The van der Waals surface area contributed by atoms with E-state index in [0.717, 1.165) is 58.6 Å². The molecule has 0 unspecified atom stereocenters. The number of aromatic nitrogens is 4. The molecule has 0 saturated carbocycles. The van der Waals surface area contributed by atoms with Crippen molar-refractivity contribution in [2.45, 2.75) is 44.3 Å². The van der Waals surface area contributed by atoms with Crippen molar-refractivity contribution in [1.82, 2.24) is 25.1 Å². The number of rotatable bonds is 9. The Bertz CT molecular complexity index is 1220. The van der Waals surface area contributed by atoms with Crippen LogP contribution < -0.4 is 19.7 Å². The lowest BCUT2D eigenvalue weighted by Crippen LogP contribution is -2.30. The molecule has 10 heteroatoms. The molecule has 9 nitrogen and oxygen atoms in total. The fraction of sp³-hybridized carbons (Fsp3) is 0.440. The monoisotopic (exact) mass is 494 g/mol. The van der Waals surface area contributed by atoms with E-state index in [-0.39, 0.29) is 12.7 Å². The van der Waals surface area contributed by atoms with E-state index in [9.17, 15) is 4.79 Å². The summed E-state index contributed by atoms with van der Waals surface area (Å²) in [7, 11) is 0. The number of ether oxygens (including phenoxy) is 2. The summed E-state index contributed by atoms with van der Waals surface area (Å²) in [6, 6.07) is 5.59. The van der Waals surface area contributed by atoms with Gasteiger partial charge >= 0.3 is 0 Å². The number of carbonyl (C=O) groups is 1. The fourth-order valence-corrected chi connectivity index (χ4v) is 4.91. The van der Waals surface area contributed by atoms with Crippen LogP contribution in [-0.4, -0.2) is 57.8 Å². The van der Waals surface area contributed by atoms with Gasteiger partial charge in [0, 0.05) is 31.5 Å². The van der Waals surface area contributed by atoms with Crippen molar-refractivity contribution in [3.05, 3.63) is 36.0 Å². The van der Waals surface area contributed by atoms with E-state index >= 15 is 0 Å². The van der Waals surface area contributed by atoms with E-state index < -0.39 is 0 Å². The lowest BCUT2D eigenvalue weighted by Gasteiger charge is -2.28. The molecule has 2 aliphatic heterocycles. The molecule has 1 saturated heterocycles. The highest BCUT2D eigenvalue weighted by molar-refractivity contribution is 7.99. The molecule has 2 aromatic heterocycles. The lowest BCUT2D eigenvalue weighted by atomic mass is 10.1. The number of hydrogen-bond donors (Lipinski definition) is 1. The van der Waals surface area contributed by atoms with Crippen LogP contribution in [0.1, 0.15) is 38.2 Å². The number of piperidine rings is 1. The van der Waals surface area contributed by atoms with Gasteiger partial charge in [0.15, 0.2) is 22.3 Å². The van der Waals surface area contributed by atoms with Gasteiger partial charge in [-0.1, -0.05) is 24.8 Å². The second kappa shape index (κ2) is 11.0. The number of fused-ring (bicyclic) bond motifs is 2. The van der Waals surface area contributed by atoms with Gasteiger partial charge in [0.2, 0.25) is 12.7 Å². The van der Waals surface area contributed by atoms with Crippen molar-refractivity contribution in [2.24, 2.45) is 0 Å². The van der Waals surface area contributed by atoms with Crippen LogP contribution in [0.15, 0.2) is 35.6 Å². The molecule has 1 aromatic carbocycles. The van der Waals surface area contributed by atoms with E-state index in [4.69, 9.17) is 19.4 Å². The predicted molar refractivity (Wildman–Crippen MR) is 137 cm³/mol. The highest BCUT2D eigenvalue weighted by atomic mass is 32.2. The summed E-state index contributed by atoms with van der Waals surface area (Å²) in [6.07, 6.45) is 9.84. The van der Waals surface area contributed by atoms with E-state index in [1.54, 1.807) is 17.8 Å². The van der Waals surface area contributed by atoms with Crippen molar-refractivity contribution >= 4 is 40.6 Å². The number of hydrogen-bond acceptors (Lipinski definition) is 8. The first-order valence-corrected chi connectivity index (χ1v) is 13.2. The lowest BCUT2D eigenvalue weighted by molar-refractivity contribution is -0.116. The summed E-state index contributed by atoms with van der Waals surface area (Å²) >= 11 is 1.68. The number of nitrogens with zero attached hydrogens (tertiary/aromatic N) is 5. The number of carbonyl (C=O) groups excluding carboxylic acids is 1. The summed E-state index contributed by atoms with van der Waals surface area (Å²) < 4.78 is 12.6. The smallest absolute Gasteiger partial charge is 0.244 e. The highest BCUT2D eigenvalue weighted by Gasteiger charge is 2.20. The Balaban J connectivity index is 1.25. The second-order valence-corrected chi connectivity index (χ2v) is 9.63. The van der Waals surface area contributed by atoms with Crippen LogP contribution in [0.3, 0.4) is 0 Å². The van der Waals surface area contributed by atoms with Gasteiger partial charge in [-0.05, 0) is 49.5 Å². The molecule has 2 aliphatic rings. The van der Waals surface area contributed by atoms with Crippen LogP contribution in [0.5, 0.6) is 11.5 Å². The summed E-state index contributed by atoms with van der Waals surface area (Å²) in [5.74, 6) is 3.21. The molecular formula is C25H30N6O3S. The van der Waals surface area contributed by atoms with Crippen molar-refractivity contribution < 1.29 is 14.3 Å². The molecule has 5 rings (SSSR count). The van der Waals surface area contributed by atoms with E-state index in [1.807, 2.05) is 29.1 Å². The fourth-order valence-electron chi connectivity index (χ4n) is 4.22. The van der Waals surface area contributed by atoms with Crippen molar-refractivity contribution in [2.75, 3.05) is 37.1 Å². The Morgan fingerprint density at radius 2 is 2.03 bits per heavy atom. The van der Waals surface area contributed by atoms with Gasteiger partial charge < -0.3 is 19.7 Å². The first-order chi connectivity index (χ1) is 17.2. The van der Waals surface area contributed by atoms with Gasteiger partial charge in [-0.15, -0.1) is 0 Å². The van der Waals surface area contributed by atoms with Crippen molar-refractivity contribution in [3.63, 3.8) is 0 Å². The van der Waals surface area contributed by atoms with Gasteiger partial charge in [-0.25, -0.2) is 14.6 Å². The molecule has 1 amide bonds. The average Bonchev–Trinajstić information content (AvgIpc) is 3.53. The quantitative estimate of drug-likeness (QED) is 0.272. The summed E-state index contributed by atoms with van der Waals surface area (Å²) in [5, 5.41) is 9.28. The maximum Gasteiger partial charge on any atom is 0.244 e. The maximum atomic E-state index is 12.4.